The highest BCUT2D eigenvalue weighted by molar-refractivity contribution is 5.16. The second-order valence-electron chi connectivity index (χ2n) is 3.17. The van der Waals surface area contributed by atoms with Crippen molar-refractivity contribution in [2.24, 2.45) is 11.7 Å². The third-order valence-electron chi connectivity index (χ3n) is 1.88. The SMILES string of the molecule is C[C@H](CN)Cc1cccc(F)c1. The van der Waals surface area contributed by atoms with Gasteiger partial charge in [-0.1, -0.05) is 19.1 Å². The quantitative estimate of drug-likeness (QED) is 0.731. The van der Waals surface area contributed by atoms with Crippen LogP contribution in [0.3, 0.4) is 0 Å². The largest absolute Gasteiger partial charge is 0.330 e. The number of hydrogen-bond acceptors (Lipinski definition) is 1. The second-order valence-corrected chi connectivity index (χ2v) is 3.17. The van der Waals surface area contributed by atoms with E-state index in [0.29, 0.717) is 12.5 Å². The topological polar surface area (TPSA) is 26.0 Å². The van der Waals surface area contributed by atoms with E-state index in [9.17, 15) is 4.39 Å². The van der Waals surface area contributed by atoms with Crippen molar-refractivity contribution in [2.45, 2.75) is 13.3 Å². The van der Waals surface area contributed by atoms with Crippen LogP contribution in [0.25, 0.3) is 0 Å². The Kier molecular flexibility index (Phi) is 3.23. The fourth-order valence-corrected chi connectivity index (χ4v) is 1.15. The maximum absolute atomic E-state index is 12.7. The first-order chi connectivity index (χ1) is 5.72. The Bertz CT molecular complexity index is 247. The lowest BCUT2D eigenvalue weighted by molar-refractivity contribution is 0.584. The van der Waals surface area contributed by atoms with Crippen LogP contribution in [-0.4, -0.2) is 6.54 Å². The zero-order valence-corrected chi connectivity index (χ0v) is 7.26. The van der Waals surface area contributed by atoms with Crippen molar-refractivity contribution in [2.75, 3.05) is 6.54 Å². The molecule has 0 saturated carbocycles. The van der Waals surface area contributed by atoms with Crippen LogP contribution in [0.2, 0.25) is 0 Å². The number of hydrogen-bond donors (Lipinski definition) is 1. The van der Waals surface area contributed by atoms with Gasteiger partial charge in [-0.2, -0.15) is 0 Å². The summed E-state index contributed by atoms with van der Waals surface area (Å²) in [6.07, 6.45) is 0.855. The van der Waals surface area contributed by atoms with Gasteiger partial charge < -0.3 is 5.73 Å². The molecule has 0 aliphatic heterocycles. The molecule has 0 fully saturated rings. The molecule has 66 valence electrons. The van der Waals surface area contributed by atoms with E-state index in [0.717, 1.165) is 12.0 Å². The smallest absolute Gasteiger partial charge is 0.123 e. The highest BCUT2D eigenvalue weighted by Crippen LogP contribution is 2.08. The Labute approximate surface area is 72.4 Å². The number of nitrogens with two attached hydrogens (primary N) is 1. The minimum absolute atomic E-state index is 0.170. The van der Waals surface area contributed by atoms with Gasteiger partial charge in [0.15, 0.2) is 0 Å². The van der Waals surface area contributed by atoms with Crippen molar-refractivity contribution in [3.8, 4) is 0 Å². The summed E-state index contributed by atoms with van der Waals surface area (Å²) < 4.78 is 12.7. The molecular weight excluding hydrogens is 153 g/mol. The average Bonchev–Trinajstić information content (AvgIpc) is 2.04. The zero-order valence-electron chi connectivity index (χ0n) is 7.26. The normalized spacial score (nSPS) is 12.9. The molecule has 1 aromatic rings. The minimum atomic E-state index is -0.170. The molecule has 0 aromatic heterocycles. The maximum Gasteiger partial charge on any atom is 0.123 e. The van der Waals surface area contributed by atoms with Gasteiger partial charge in [-0.05, 0) is 36.6 Å². The monoisotopic (exact) mass is 167 g/mol. The molecule has 0 heterocycles. The summed E-state index contributed by atoms with van der Waals surface area (Å²) in [6, 6.07) is 6.67. The lowest BCUT2D eigenvalue weighted by Crippen LogP contribution is -2.13. The Morgan fingerprint density at radius 2 is 2.25 bits per heavy atom. The molecule has 0 aliphatic rings. The van der Waals surface area contributed by atoms with Gasteiger partial charge in [0, 0.05) is 0 Å². The van der Waals surface area contributed by atoms with Gasteiger partial charge in [0.05, 0.1) is 0 Å². The molecule has 0 bridgehead atoms. The zero-order chi connectivity index (χ0) is 8.97. The lowest BCUT2D eigenvalue weighted by Gasteiger charge is -2.07. The van der Waals surface area contributed by atoms with Gasteiger partial charge in [0.25, 0.3) is 0 Å². The van der Waals surface area contributed by atoms with Crippen molar-refractivity contribution < 1.29 is 4.39 Å². The molecule has 0 spiro atoms. The van der Waals surface area contributed by atoms with Crippen molar-refractivity contribution in [1.82, 2.24) is 0 Å². The lowest BCUT2D eigenvalue weighted by atomic mass is 10.0. The van der Waals surface area contributed by atoms with E-state index in [1.54, 1.807) is 12.1 Å². The first kappa shape index (κ1) is 9.20. The van der Waals surface area contributed by atoms with Crippen LogP contribution in [0.5, 0.6) is 0 Å². The van der Waals surface area contributed by atoms with Crippen LogP contribution < -0.4 is 5.73 Å². The Morgan fingerprint density at radius 1 is 1.50 bits per heavy atom. The highest BCUT2D eigenvalue weighted by Gasteiger charge is 2.01. The van der Waals surface area contributed by atoms with Crippen molar-refractivity contribution in [1.29, 1.82) is 0 Å². The van der Waals surface area contributed by atoms with Crippen molar-refractivity contribution in [3.63, 3.8) is 0 Å². The van der Waals surface area contributed by atoms with Crippen LogP contribution in [0.1, 0.15) is 12.5 Å². The number of rotatable bonds is 3. The predicted molar refractivity (Wildman–Crippen MR) is 48.3 cm³/mol. The van der Waals surface area contributed by atoms with E-state index >= 15 is 0 Å². The second kappa shape index (κ2) is 4.21. The Hall–Kier alpha value is -0.890. The molecule has 1 rings (SSSR count). The summed E-state index contributed by atoms with van der Waals surface area (Å²) in [5, 5.41) is 0. The molecule has 0 amide bonds. The molecule has 2 heteroatoms. The summed E-state index contributed by atoms with van der Waals surface area (Å²) in [7, 11) is 0. The summed E-state index contributed by atoms with van der Waals surface area (Å²) >= 11 is 0. The van der Waals surface area contributed by atoms with E-state index in [1.807, 2.05) is 6.07 Å². The van der Waals surface area contributed by atoms with E-state index < -0.39 is 0 Å². The van der Waals surface area contributed by atoms with Crippen LogP contribution >= 0.6 is 0 Å². The number of benzene rings is 1. The maximum atomic E-state index is 12.7. The standard InChI is InChI=1S/C10H14FN/c1-8(7-12)5-9-3-2-4-10(11)6-9/h2-4,6,8H,5,7,12H2,1H3/t8-/m0/s1. The van der Waals surface area contributed by atoms with Gasteiger partial charge in [-0.25, -0.2) is 4.39 Å². The first-order valence-corrected chi connectivity index (χ1v) is 4.17. The summed E-state index contributed by atoms with van der Waals surface area (Å²) in [4.78, 5) is 0. The van der Waals surface area contributed by atoms with Crippen LogP contribution in [0.15, 0.2) is 24.3 Å². The molecule has 1 atom stereocenters. The Morgan fingerprint density at radius 3 is 2.83 bits per heavy atom. The highest BCUT2D eigenvalue weighted by atomic mass is 19.1. The fourth-order valence-electron chi connectivity index (χ4n) is 1.15. The predicted octanol–water partition coefficient (Wildman–Crippen LogP) is 1.96. The fraction of sp³-hybridized carbons (Fsp3) is 0.400. The molecule has 0 radical (unpaired) electrons. The third-order valence-corrected chi connectivity index (χ3v) is 1.88. The molecular formula is C10H14FN. The van der Waals surface area contributed by atoms with Gasteiger partial charge in [-0.3, -0.25) is 0 Å². The van der Waals surface area contributed by atoms with E-state index in [1.165, 1.54) is 6.07 Å². The molecule has 1 aromatic carbocycles. The van der Waals surface area contributed by atoms with E-state index in [-0.39, 0.29) is 5.82 Å². The molecule has 0 aliphatic carbocycles. The van der Waals surface area contributed by atoms with E-state index in [2.05, 4.69) is 6.92 Å². The van der Waals surface area contributed by atoms with Crippen LogP contribution in [-0.2, 0) is 6.42 Å². The van der Waals surface area contributed by atoms with Crippen molar-refractivity contribution >= 4 is 0 Å². The molecule has 1 nitrogen and oxygen atoms in total. The van der Waals surface area contributed by atoms with Gasteiger partial charge in [-0.15, -0.1) is 0 Å². The molecule has 0 unspecified atom stereocenters. The van der Waals surface area contributed by atoms with Crippen LogP contribution in [0, 0.1) is 11.7 Å². The number of halogens is 1. The first-order valence-electron chi connectivity index (χ1n) is 4.17. The van der Waals surface area contributed by atoms with Gasteiger partial charge >= 0.3 is 0 Å². The van der Waals surface area contributed by atoms with Gasteiger partial charge in [0.1, 0.15) is 5.82 Å². The van der Waals surface area contributed by atoms with E-state index in [4.69, 9.17) is 5.73 Å². The summed E-state index contributed by atoms with van der Waals surface area (Å²) in [6.45, 7) is 2.71. The van der Waals surface area contributed by atoms with Gasteiger partial charge in [0.2, 0.25) is 0 Å². The Balaban J connectivity index is 2.63. The minimum Gasteiger partial charge on any atom is -0.330 e. The molecule has 12 heavy (non-hydrogen) atoms. The summed E-state index contributed by atoms with van der Waals surface area (Å²) in [5.74, 6) is 0.253. The summed E-state index contributed by atoms with van der Waals surface area (Å²) in [5.41, 5.74) is 6.49. The average molecular weight is 167 g/mol. The van der Waals surface area contributed by atoms with Crippen LogP contribution in [0.4, 0.5) is 4.39 Å². The van der Waals surface area contributed by atoms with Crippen molar-refractivity contribution in [3.05, 3.63) is 35.6 Å². The molecule has 2 N–H and O–H groups in total. The molecule has 0 saturated heterocycles. The third kappa shape index (κ3) is 2.62.